The quantitative estimate of drug-likeness (QED) is 0.175. The molecule has 0 aliphatic carbocycles. The van der Waals surface area contributed by atoms with Crippen LogP contribution >= 0.6 is 0 Å². The van der Waals surface area contributed by atoms with Crippen molar-refractivity contribution < 1.29 is 19.8 Å². The van der Waals surface area contributed by atoms with E-state index in [2.05, 4.69) is 118 Å². The molecule has 0 spiro atoms. The molecule has 2 rings (SSSR count). The first-order valence-electron chi connectivity index (χ1n) is 17.3. The maximum atomic E-state index is 13.6. The fourth-order valence-electron chi connectivity index (χ4n) is 5.87. The average Bonchev–Trinajstić information content (AvgIpc) is 2.90. The van der Waals surface area contributed by atoms with Gasteiger partial charge in [0.15, 0.2) is 0 Å². The van der Waals surface area contributed by atoms with Crippen LogP contribution in [0.4, 0.5) is 0 Å². The SMILES string of the molecule is CCC(=O)NCCCCCCNC(=O)CC(c1cc(C(C)(C)C)c(O)c(C(C)(C)C)c1)c1cc(C(C)(C)C)c(O)c(C(C)(C)C)c1. The molecule has 0 aliphatic rings. The highest BCUT2D eigenvalue weighted by molar-refractivity contribution is 5.78. The third kappa shape index (κ3) is 10.8. The van der Waals surface area contributed by atoms with Gasteiger partial charge in [0.05, 0.1) is 0 Å². The molecule has 0 aliphatic heterocycles. The van der Waals surface area contributed by atoms with E-state index in [1.807, 2.05) is 6.92 Å². The predicted octanol–water partition coefficient (Wildman–Crippen LogP) is 9.01. The number of carbonyl (C=O) groups is 2. The van der Waals surface area contributed by atoms with E-state index in [-0.39, 0.29) is 45.8 Å². The predicted molar refractivity (Wildman–Crippen MR) is 192 cm³/mol. The van der Waals surface area contributed by atoms with Gasteiger partial charge in [0, 0.05) is 31.8 Å². The smallest absolute Gasteiger partial charge is 0.220 e. The maximum absolute atomic E-state index is 13.6. The van der Waals surface area contributed by atoms with Crippen LogP contribution in [0.15, 0.2) is 24.3 Å². The Hall–Kier alpha value is -3.02. The van der Waals surface area contributed by atoms with Crippen LogP contribution in [0.2, 0.25) is 0 Å². The molecule has 2 amide bonds. The Morgan fingerprint density at radius 2 is 0.870 bits per heavy atom. The number of amides is 2. The fourth-order valence-corrected chi connectivity index (χ4v) is 5.87. The summed E-state index contributed by atoms with van der Waals surface area (Å²) in [6, 6.07) is 8.33. The molecule has 2 aromatic carbocycles. The lowest BCUT2D eigenvalue weighted by atomic mass is 9.73. The van der Waals surface area contributed by atoms with Crippen molar-refractivity contribution >= 4 is 11.8 Å². The van der Waals surface area contributed by atoms with Crippen LogP contribution in [0, 0.1) is 0 Å². The summed E-state index contributed by atoms with van der Waals surface area (Å²) in [6.45, 7) is 28.4. The Balaban J connectivity index is 2.57. The lowest BCUT2D eigenvalue weighted by molar-refractivity contribution is -0.121. The molecule has 0 radical (unpaired) electrons. The van der Waals surface area contributed by atoms with Crippen LogP contribution in [-0.2, 0) is 31.2 Å². The highest BCUT2D eigenvalue weighted by Gasteiger charge is 2.32. The normalized spacial score (nSPS) is 12.8. The van der Waals surface area contributed by atoms with Crippen molar-refractivity contribution in [3.05, 3.63) is 57.6 Å². The van der Waals surface area contributed by atoms with Crippen molar-refractivity contribution in [3.8, 4) is 11.5 Å². The van der Waals surface area contributed by atoms with Gasteiger partial charge in [0.2, 0.25) is 11.8 Å². The highest BCUT2D eigenvalue weighted by atomic mass is 16.3. The summed E-state index contributed by atoms with van der Waals surface area (Å²) in [5.41, 5.74) is 4.18. The van der Waals surface area contributed by atoms with Crippen molar-refractivity contribution in [2.45, 2.75) is 156 Å². The number of phenolic OH excluding ortho intramolecular Hbond substituents is 2. The average molecular weight is 637 g/mol. The molecule has 258 valence electrons. The van der Waals surface area contributed by atoms with Gasteiger partial charge in [-0.25, -0.2) is 0 Å². The number of nitrogens with one attached hydrogen (secondary N) is 2. The van der Waals surface area contributed by atoms with Crippen LogP contribution in [-0.4, -0.2) is 35.1 Å². The zero-order chi connectivity index (χ0) is 35.3. The summed E-state index contributed by atoms with van der Waals surface area (Å²) < 4.78 is 0. The molecule has 0 atom stereocenters. The number of aromatic hydroxyl groups is 2. The number of carbonyl (C=O) groups excluding carboxylic acids is 2. The first-order valence-corrected chi connectivity index (χ1v) is 17.3. The molecule has 6 nitrogen and oxygen atoms in total. The molecule has 0 fully saturated rings. The molecule has 0 aromatic heterocycles. The second-order valence-corrected chi connectivity index (χ2v) is 17.2. The monoisotopic (exact) mass is 636 g/mol. The van der Waals surface area contributed by atoms with Crippen LogP contribution in [0.1, 0.15) is 168 Å². The van der Waals surface area contributed by atoms with E-state index in [9.17, 15) is 19.8 Å². The molecule has 0 unspecified atom stereocenters. The van der Waals surface area contributed by atoms with Gasteiger partial charge in [-0.05, 0) is 67.9 Å². The van der Waals surface area contributed by atoms with Crippen molar-refractivity contribution in [2.75, 3.05) is 13.1 Å². The maximum Gasteiger partial charge on any atom is 0.220 e. The topological polar surface area (TPSA) is 98.7 Å². The summed E-state index contributed by atoms with van der Waals surface area (Å²) in [7, 11) is 0. The van der Waals surface area contributed by atoms with Crippen LogP contribution in [0.5, 0.6) is 11.5 Å². The van der Waals surface area contributed by atoms with Crippen LogP contribution in [0.25, 0.3) is 0 Å². The lowest BCUT2D eigenvalue weighted by Crippen LogP contribution is -2.27. The molecule has 0 bridgehead atoms. The van der Waals surface area contributed by atoms with E-state index in [1.54, 1.807) is 0 Å². The molecule has 0 saturated heterocycles. The molecule has 0 saturated carbocycles. The number of rotatable bonds is 12. The standard InChI is InChI=1S/C40H64N2O4/c1-14-33(43)41-19-17-15-16-18-20-42-34(44)25-28(26-21-29(37(2,3)4)35(45)30(22-26)38(5,6)7)27-23-31(39(8,9)10)36(46)32(24-27)40(11,12)13/h21-24,28,45-46H,14-20,25H2,1-13H3,(H,41,43)(H,42,44). The minimum absolute atomic E-state index is 0.0226. The third-order valence-corrected chi connectivity index (χ3v) is 8.76. The van der Waals surface area contributed by atoms with Gasteiger partial charge in [-0.1, -0.05) is 127 Å². The van der Waals surface area contributed by atoms with Gasteiger partial charge >= 0.3 is 0 Å². The Kier molecular flexibility index (Phi) is 13.0. The van der Waals surface area contributed by atoms with Crippen molar-refractivity contribution in [3.63, 3.8) is 0 Å². The van der Waals surface area contributed by atoms with Gasteiger partial charge in [-0.3, -0.25) is 9.59 Å². The van der Waals surface area contributed by atoms with Crippen LogP contribution < -0.4 is 10.6 Å². The second-order valence-electron chi connectivity index (χ2n) is 17.2. The van der Waals surface area contributed by atoms with Gasteiger partial charge in [0.1, 0.15) is 11.5 Å². The molecular weight excluding hydrogens is 572 g/mol. The molecule has 2 aromatic rings. The Morgan fingerprint density at radius 1 is 0.565 bits per heavy atom. The fraction of sp³-hybridized carbons (Fsp3) is 0.650. The van der Waals surface area contributed by atoms with E-state index in [0.29, 0.717) is 31.0 Å². The summed E-state index contributed by atoms with van der Waals surface area (Å²) in [4.78, 5) is 25.1. The molecule has 6 heteroatoms. The first-order chi connectivity index (χ1) is 21.0. The largest absolute Gasteiger partial charge is 0.507 e. The highest BCUT2D eigenvalue weighted by Crippen LogP contribution is 2.46. The minimum atomic E-state index is -0.311. The Labute approximate surface area is 280 Å². The Bertz CT molecular complexity index is 1200. The van der Waals surface area contributed by atoms with Crippen molar-refractivity contribution in [2.24, 2.45) is 0 Å². The van der Waals surface area contributed by atoms with Crippen molar-refractivity contribution in [1.82, 2.24) is 10.6 Å². The molecular formula is C40H64N2O4. The van der Waals surface area contributed by atoms with Crippen molar-refractivity contribution in [1.29, 1.82) is 0 Å². The molecule has 46 heavy (non-hydrogen) atoms. The Morgan fingerprint density at radius 3 is 1.15 bits per heavy atom. The number of hydrogen-bond donors (Lipinski definition) is 4. The summed E-state index contributed by atoms with van der Waals surface area (Å²) in [5.74, 6) is 0.409. The zero-order valence-electron chi connectivity index (χ0n) is 31.3. The third-order valence-electron chi connectivity index (χ3n) is 8.76. The molecule has 4 N–H and O–H groups in total. The minimum Gasteiger partial charge on any atom is -0.507 e. The van der Waals surface area contributed by atoms with Crippen LogP contribution in [0.3, 0.4) is 0 Å². The van der Waals surface area contributed by atoms with E-state index in [1.165, 1.54) is 0 Å². The van der Waals surface area contributed by atoms with E-state index in [4.69, 9.17) is 0 Å². The number of phenols is 2. The summed E-state index contributed by atoms with van der Waals surface area (Å²) in [5, 5.41) is 29.0. The van der Waals surface area contributed by atoms with Gasteiger partial charge < -0.3 is 20.8 Å². The second kappa shape index (κ2) is 15.3. The van der Waals surface area contributed by atoms with Gasteiger partial charge in [-0.15, -0.1) is 0 Å². The number of benzene rings is 2. The summed E-state index contributed by atoms with van der Waals surface area (Å²) >= 11 is 0. The molecule has 0 heterocycles. The van der Waals surface area contributed by atoms with E-state index >= 15 is 0 Å². The lowest BCUT2D eigenvalue weighted by Gasteiger charge is -2.32. The summed E-state index contributed by atoms with van der Waals surface area (Å²) in [6.07, 6.45) is 4.54. The van der Waals surface area contributed by atoms with Gasteiger partial charge in [0.25, 0.3) is 0 Å². The first kappa shape index (κ1) is 39.2. The zero-order valence-corrected chi connectivity index (χ0v) is 31.3. The van der Waals surface area contributed by atoms with Gasteiger partial charge in [-0.2, -0.15) is 0 Å². The number of hydrogen-bond acceptors (Lipinski definition) is 4. The van der Waals surface area contributed by atoms with E-state index in [0.717, 1.165) is 59.1 Å². The number of unbranched alkanes of at least 4 members (excludes halogenated alkanes) is 3. The van der Waals surface area contributed by atoms with E-state index < -0.39 is 0 Å².